The number of halogens is 4. The monoisotopic (exact) mass is 551 g/mol. The van der Waals surface area contributed by atoms with Crippen molar-refractivity contribution in [1.29, 1.82) is 0 Å². The molecule has 0 atom stereocenters. The van der Waals surface area contributed by atoms with Gasteiger partial charge in [-0.3, -0.25) is 9.69 Å². The third-order valence-electron chi connectivity index (χ3n) is 5.53. The highest BCUT2D eigenvalue weighted by molar-refractivity contribution is 9.10. The largest absolute Gasteiger partial charge is 0.490 e. The normalized spacial score (nSPS) is 14.6. The van der Waals surface area contributed by atoms with Gasteiger partial charge in [0.15, 0.2) is 0 Å². The number of carboxylic acids is 1. The summed E-state index contributed by atoms with van der Waals surface area (Å²) in [5.74, 6) is -2.76. The Morgan fingerprint density at radius 1 is 1.00 bits per heavy atom. The molecule has 2 aromatic carbocycles. The van der Waals surface area contributed by atoms with Gasteiger partial charge < -0.3 is 19.8 Å². The van der Waals surface area contributed by atoms with Crippen LogP contribution >= 0.6 is 15.9 Å². The van der Waals surface area contributed by atoms with Crippen molar-refractivity contribution >= 4 is 43.7 Å². The molecule has 3 N–H and O–H groups in total. The van der Waals surface area contributed by atoms with E-state index in [0.29, 0.717) is 5.56 Å². The van der Waals surface area contributed by atoms with Crippen molar-refractivity contribution in [3.05, 3.63) is 68.9 Å². The van der Waals surface area contributed by atoms with Gasteiger partial charge in [-0.25, -0.2) is 4.79 Å². The molecule has 184 valence electrons. The molecule has 0 unspecified atom stereocenters. The predicted octanol–water partition coefficient (Wildman–Crippen LogP) is 4.90. The molecule has 3 heterocycles. The minimum Gasteiger partial charge on any atom is -0.475 e. The molecule has 0 spiro atoms. The second-order valence-corrected chi connectivity index (χ2v) is 8.96. The molecule has 7 nitrogen and oxygen atoms in total. The van der Waals surface area contributed by atoms with Crippen LogP contribution in [0.5, 0.6) is 0 Å². The van der Waals surface area contributed by atoms with E-state index in [0.717, 1.165) is 64.8 Å². The van der Waals surface area contributed by atoms with Gasteiger partial charge in [0.2, 0.25) is 0 Å². The summed E-state index contributed by atoms with van der Waals surface area (Å²) in [7, 11) is 0. The van der Waals surface area contributed by atoms with Crippen LogP contribution in [0.4, 0.5) is 13.2 Å². The molecule has 1 aliphatic heterocycles. The Hall–Kier alpha value is -3.15. The Morgan fingerprint density at radius 2 is 1.63 bits per heavy atom. The standard InChI is InChI=1S/C22H20BrN3O2.C2HF3O2/c23-17-2-4-20-16(10-17)11-18(22(27)25-20)21-12-15-9-14(1-3-19(15)24-21)13-26-5-7-28-8-6-26;3-2(4,5)1(6)7/h1-4,9-12,24H,5-8,13H2,(H,25,27);(H,6,7). The highest BCUT2D eigenvalue weighted by Crippen LogP contribution is 2.26. The molecule has 5 rings (SSSR count). The molecule has 0 radical (unpaired) electrons. The van der Waals surface area contributed by atoms with Crippen molar-refractivity contribution in [3.63, 3.8) is 0 Å². The minimum atomic E-state index is -5.08. The molecule has 11 heteroatoms. The zero-order valence-electron chi connectivity index (χ0n) is 18.3. The number of nitrogens with one attached hydrogen (secondary N) is 2. The van der Waals surface area contributed by atoms with Gasteiger partial charge in [0.05, 0.1) is 24.5 Å². The molecule has 1 saturated heterocycles. The molecule has 1 aliphatic rings. The zero-order valence-corrected chi connectivity index (χ0v) is 19.9. The number of fused-ring (bicyclic) bond motifs is 2. The summed E-state index contributed by atoms with van der Waals surface area (Å²) in [5.41, 5.74) is 4.54. The molecule has 35 heavy (non-hydrogen) atoms. The fourth-order valence-electron chi connectivity index (χ4n) is 3.82. The van der Waals surface area contributed by atoms with Crippen LogP contribution in [0.15, 0.2) is 57.8 Å². The van der Waals surface area contributed by atoms with E-state index in [4.69, 9.17) is 14.6 Å². The molecular weight excluding hydrogens is 531 g/mol. The lowest BCUT2D eigenvalue weighted by Gasteiger charge is -2.26. The first kappa shape index (κ1) is 25.0. The number of aliphatic carboxylic acids is 1. The Bertz CT molecular complexity index is 1430. The summed E-state index contributed by atoms with van der Waals surface area (Å²) in [5, 5.41) is 9.24. The van der Waals surface area contributed by atoms with Gasteiger partial charge >= 0.3 is 12.1 Å². The molecule has 4 aromatic rings. The summed E-state index contributed by atoms with van der Waals surface area (Å²) in [6.45, 7) is 4.47. The number of aromatic nitrogens is 2. The van der Waals surface area contributed by atoms with Gasteiger partial charge in [0.1, 0.15) is 0 Å². The highest BCUT2D eigenvalue weighted by atomic mass is 79.9. The van der Waals surface area contributed by atoms with Crippen LogP contribution in [0.1, 0.15) is 5.56 Å². The molecular formula is C24H21BrF3N3O4. The van der Waals surface area contributed by atoms with E-state index in [1.54, 1.807) is 0 Å². The van der Waals surface area contributed by atoms with E-state index in [-0.39, 0.29) is 5.56 Å². The zero-order chi connectivity index (χ0) is 25.2. The number of benzene rings is 2. The highest BCUT2D eigenvalue weighted by Gasteiger charge is 2.38. The number of alkyl halides is 3. The number of ether oxygens (including phenoxy) is 1. The third-order valence-corrected chi connectivity index (χ3v) is 6.03. The Labute approximate surface area is 205 Å². The number of nitrogens with zero attached hydrogens (tertiary/aromatic N) is 1. The van der Waals surface area contributed by atoms with Gasteiger partial charge in [-0.1, -0.05) is 22.0 Å². The van der Waals surface area contributed by atoms with Crippen molar-refractivity contribution in [2.24, 2.45) is 0 Å². The van der Waals surface area contributed by atoms with Crippen LogP contribution in [0.2, 0.25) is 0 Å². The first-order valence-corrected chi connectivity index (χ1v) is 11.4. The number of carbonyl (C=O) groups is 1. The SMILES string of the molecule is O=C(O)C(F)(F)F.O=c1[nH]c2ccc(Br)cc2cc1-c1cc2cc(CN3CCOCC3)ccc2[nH]1. The quantitative estimate of drug-likeness (QED) is 0.336. The van der Waals surface area contributed by atoms with Crippen molar-refractivity contribution in [1.82, 2.24) is 14.9 Å². The van der Waals surface area contributed by atoms with Gasteiger partial charge in [-0.05, 0) is 48.0 Å². The number of hydrogen-bond donors (Lipinski definition) is 3. The maximum absolute atomic E-state index is 12.6. The number of pyridine rings is 1. The predicted molar refractivity (Wildman–Crippen MR) is 129 cm³/mol. The second kappa shape index (κ2) is 10.2. The van der Waals surface area contributed by atoms with E-state index < -0.39 is 12.1 Å². The van der Waals surface area contributed by atoms with Gasteiger partial charge in [-0.2, -0.15) is 13.2 Å². The fraction of sp³-hybridized carbons (Fsp3) is 0.250. The Balaban J connectivity index is 0.000000364. The molecule has 0 bridgehead atoms. The number of carboxylic acid groups (broad SMARTS) is 1. The van der Waals surface area contributed by atoms with Crippen molar-refractivity contribution in [2.75, 3.05) is 26.3 Å². The van der Waals surface area contributed by atoms with Gasteiger partial charge in [0.25, 0.3) is 5.56 Å². The van der Waals surface area contributed by atoms with Crippen LogP contribution in [0, 0.1) is 0 Å². The van der Waals surface area contributed by atoms with E-state index in [9.17, 15) is 18.0 Å². The van der Waals surface area contributed by atoms with Crippen LogP contribution in [-0.2, 0) is 16.1 Å². The topological polar surface area (TPSA) is 98.4 Å². The molecule has 1 fully saturated rings. The fourth-order valence-corrected chi connectivity index (χ4v) is 4.20. The van der Waals surface area contributed by atoms with Gasteiger partial charge in [-0.15, -0.1) is 0 Å². The van der Waals surface area contributed by atoms with Crippen molar-refractivity contribution < 1.29 is 27.8 Å². The summed E-state index contributed by atoms with van der Waals surface area (Å²) in [4.78, 5) is 30.3. The number of morpholine rings is 1. The molecule has 0 amide bonds. The van der Waals surface area contributed by atoms with Crippen LogP contribution in [0.3, 0.4) is 0 Å². The average molecular weight is 552 g/mol. The minimum absolute atomic E-state index is 0.0880. The number of rotatable bonds is 3. The van der Waals surface area contributed by atoms with E-state index in [1.807, 2.05) is 24.3 Å². The second-order valence-electron chi connectivity index (χ2n) is 8.04. The summed E-state index contributed by atoms with van der Waals surface area (Å²) >= 11 is 3.50. The summed E-state index contributed by atoms with van der Waals surface area (Å²) in [6.07, 6.45) is -5.08. The number of aromatic amines is 2. The van der Waals surface area contributed by atoms with E-state index in [2.05, 4.69) is 55.1 Å². The lowest BCUT2D eigenvalue weighted by Crippen LogP contribution is -2.35. The molecule has 0 saturated carbocycles. The summed E-state index contributed by atoms with van der Waals surface area (Å²) < 4.78 is 38.2. The van der Waals surface area contributed by atoms with Crippen molar-refractivity contribution in [3.8, 4) is 11.3 Å². The van der Waals surface area contributed by atoms with Crippen molar-refractivity contribution in [2.45, 2.75) is 12.7 Å². The number of H-pyrrole nitrogens is 2. The van der Waals surface area contributed by atoms with E-state index >= 15 is 0 Å². The Kier molecular flexibility index (Phi) is 7.29. The van der Waals surface area contributed by atoms with E-state index in [1.165, 1.54) is 5.56 Å². The van der Waals surface area contributed by atoms with Gasteiger partial charge in [0, 0.05) is 45.9 Å². The number of hydrogen-bond acceptors (Lipinski definition) is 4. The third kappa shape index (κ3) is 6.11. The maximum Gasteiger partial charge on any atom is 0.490 e. The smallest absolute Gasteiger partial charge is 0.475 e. The molecule has 0 aliphatic carbocycles. The maximum atomic E-state index is 12.6. The van der Waals surface area contributed by atoms with Crippen LogP contribution in [0.25, 0.3) is 33.1 Å². The molecule has 2 aromatic heterocycles. The lowest BCUT2D eigenvalue weighted by molar-refractivity contribution is -0.192. The average Bonchev–Trinajstić information content (AvgIpc) is 3.22. The first-order valence-electron chi connectivity index (χ1n) is 10.6. The first-order chi connectivity index (χ1) is 16.6. The lowest BCUT2D eigenvalue weighted by atomic mass is 10.1. The van der Waals surface area contributed by atoms with Crippen LogP contribution < -0.4 is 5.56 Å². The van der Waals surface area contributed by atoms with Crippen LogP contribution in [-0.4, -0.2) is 58.4 Å². The summed E-state index contributed by atoms with van der Waals surface area (Å²) in [6, 6.07) is 16.3. The Morgan fingerprint density at radius 3 is 2.31 bits per heavy atom.